The van der Waals surface area contributed by atoms with Gasteiger partial charge in [-0.15, -0.1) is 11.8 Å². The molecule has 0 aliphatic rings. The molecule has 0 unspecified atom stereocenters. The van der Waals surface area contributed by atoms with Crippen LogP contribution in [0.3, 0.4) is 0 Å². The van der Waals surface area contributed by atoms with Crippen LogP contribution in [-0.4, -0.2) is 36.3 Å². The molecular weight excluding hydrogens is 378 g/mol. The van der Waals surface area contributed by atoms with E-state index in [0.29, 0.717) is 16.1 Å². The van der Waals surface area contributed by atoms with Gasteiger partial charge in [0.05, 0.1) is 17.4 Å². The van der Waals surface area contributed by atoms with Crippen molar-refractivity contribution in [1.29, 1.82) is 0 Å². The number of rotatable bonds is 8. The first kappa shape index (κ1) is 21.5. The molecule has 0 heterocycles. The van der Waals surface area contributed by atoms with Crippen molar-refractivity contribution in [2.45, 2.75) is 31.8 Å². The number of amides is 1. The Morgan fingerprint density at radius 3 is 2.39 bits per heavy atom. The van der Waals surface area contributed by atoms with Crippen LogP contribution >= 0.6 is 11.8 Å². The highest BCUT2D eigenvalue weighted by atomic mass is 32.2. The summed E-state index contributed by atoms with van der Waals surface area (Å²) in [6, 6.07) is 14.3. The standard InChI is InChI=1S/C21H23NO5S/c1-14(2)27-20(24)12-26-21(25)17-6-4-5-7-18(17)28-13-19(23)22-16-10-8-15(3)9-11-16/h4-11,14H,12-13H2,1-3H3,(H,22,23). The normalized spacial score (nSPS) is 10.4. The molecule has 0 atom stereocenters. The molecule has 148 valence electrons. The second-order valence-electron chi connectivity index (χ2n) is 6.31. The monoisotopic (exact) mass is 401 g/mol. The van der Waals surface area contributed by atoms with Crippen LogP contribution in [0.1, 0.15) is 29.8 Å². The summed E-state index contributed by atoms with van der Waals surface area (Å²) in [7, 11) is 0. The number of carbonyl (C=O) groups excluding carboxylic acids is 3. The van der Waals surface area contributed by atoms with Gasteiger partial charge in [0.1, 0.15) is 0 Å². The molecule has 0 saturated heterocycles. The van der Waals surface area contributed by atoms with Crippen molar-refractivity contribution in [3.05, 3.63) is 59.7 Å². The molecule has 1 amide bonds. The molecule has 2 rings (SSSR count). The van der Waals surface area contributed by atoms with E-state index in [-0.39, 0.29) is 17.8 Å². The number of aryl methyl sites for hydroxylation is 1. The summed E-state index contributed by atoms with van der Waals surface area (Å²) in [6.07, 6.45) is -0.277. The fourth-order valence-corrected chi connectivity index (χ4v) is 3.08. The van der Waals surface area contributed by atoms with E-state index in [1.165, 1.54) is 11.8 Å². The highest BCUT2D eigenvalue weighted by Gasteiger charge is 2.16. The smallest absolute Gasteiger partial charge is 0.344 e. The molecule has 0 aliphatic heterocycles. The number of benzene rings is 2. The van der Waals surface area contributed by atoms with E-state index in [1.54, 1.807) is 38.1 Å². The number of esters is 2. The molecule has 0 bridgehead atoms. The maximum absolute atomic E-state index is 12.3. The number of nitrogens with one attached hydrogen (secondary N) is 1. The SMILES string of the molecule is Cc1ccc(NC(=O)CSc2ccccc2C(=O)OCC(=O)OC(C)C)cc1. The summed E-state index contributed by atoms with van der Waals surface area (Å²) in [4.78, 5) is 36.6. The van der Waals surface area contributed by atoms with Gasteiger partial charge in [0, 0.05) is 10.6 Å². The Morgan fingerprint density at radius 1 is 1.04 bits per heavy atom. The van der Waals surface area contributed by atoms with Gasteiger partial charge in [-0.3, -0.25) is 4.79 Å². The fourth-order valence-electron chi connectivity index (χ4n) is 2.24. The zero-order valence-corrected chi connectivity index (χ0v) is 16.9. The highest BCUT2D eigenvalue weighted by molar-refractivity contribution is 8.00. The van der Waals surface area contributed by atoms with E-state index in [9.17, 15) is 14.4 Å². The molecule has 7 heteroatoms. The third-order valence-electron chi connectivity index (χ3n) is 3.49. The first-order valence-electron chi connectivity index (χ1n) is 8.80. The van der Waals surface area contributed by atoms with E-state index in [0.717, 1.165) is 5.56 Å². The summed E-state index contributed by atoms with van der Waals surface area (Å²) < 4.78 is 9.95. The molecule has 0 spiro atoms. The van der Waals surface area contributed by atoms with Gasteiger partial charge < -0.3 is 14.8 Å². The summed E-state index contributed by atoms with van der Waals surface area (Å²) in [5.41, 5.74) is 2.12. The Hall–Kier alpha value is -2.80. The number of hydrogen-bond donors (Lipinski definition) is 1. The molecular formula is C21H23NO5S. The highest BCUT2D eigenvalue weighted by Crippen LogP contribution is 2.23. The first-order valence-corrected chi connectivity index (χ1v) is 9.78. The lowest BCUT2D eigenvalue weighted by Gasteiger charge is -2.11. The Kier molecular flexibility index (Phi) is 8.07. The van der Waals surface area contributed by atoms with Crippen LogP contribution in [0.15, 0.2) is 53.4 Å². The van der Waals surface area contributed by atoms with Crippen molar-refractivity contribution in [1.82, 2.24) is 0 Å². The molecule has 1 N–H and O–H groups in total. The maximum atomic E-state index is 12.3. The number of ether oxygens (including phenoxy) is 2. The zero-order valence-electron chi connectivity index (χ0n) is 16.1. The van der Waals surface area contributed by atoms with Gasteiger partial charge in [0.2, 0.25) is 5.91 Å². The van der Waals surface area contributed by atoms with Gasteiger partial charge in [-0.1, -0.05) is 29.8 Å². The van der Waals surface area contributed by atoms with E-state index in [2.05, 4.69) is 5.32 Å². The second kappa shape index (κ2) is 10.5. The van der Waals surface area contributed by atoms with Gasteiger partial charge in [-0.25, -0.2) is 9.59 Å². The summed E-state index contributed by atoms with van der Waals surface area (Å²) in [5, 5.41) is 2.81. The molecule has 0 aromatic heterocycles. The van der Waals surface area contributed by atoms with Crippen LogP contribution in [0.5, 0.6) is 0 Å². The average Bonchev–Trinajstić information content (AvgIpc) is 2.66. The van der Waals surface area contributed by atoms with Crippen molar-refractivity contribution < 1.29 is 23.9 Å². The van der Waals surface area contributed by atoms with Crippen molar-refractivity contribution in [2.24, 2.45) is 0 Å². The minimum atomic E-state index is -0.636. The Bertz CT molecular complexity index is 833. The van der Waals surface area contributed by atoms with Crippen LogP contribution in [-0.2, 0) is 19.1 Å². The molecule has 2 aromatic rings. The molecule has 0 fully saturated rings. The number of carbonyl (C=O) groups is 3. The van der Waals surface area contributed by atoms with Crippen LogP contribution in [0, 0.1) is 6.92 Å². The fraction of sp³-hybridized carbons (Fsp3) is 0.286. The van der Waals surface area contributed by atoms with E-state index in [1.807, 2.05) is 31.2 Å². The van der Waals surface area contributed by atoms with Crippen LogP contribution in [0.4, 0.5) is 5.69 Å². The minimum Gasteiger partial charge on any atom is -0.460 e. The van der Waals surface area contributed by atoms with E-state index >= 15 is 0 Å². The summed E-state index contributed by atoms with van der Waals surface area (Å²) in [6.45, 7) is 4.95. The summed E-state index contributed by atoms with van der Waals surface area (Å²) >= 11 is 1.22. The lowest BCUT2D eigenvalue weighted by Crippen LogP contribution is -2.20. The predicted octanol–water partition coefficient (Wildman–Crippen LogP) is 3.83. The minimum absolute atomic E-state index is 0.133. The first-order chi connectivity index (χ1) is 13.3. The maximum Gasteiger partial charge on any atom is 0.344 e. The molecule has 0 radical (unpaired) electrons. The zero-order chi connectivity index (χ0) is 20.5. The van der Waals surface area contributed by atoms with Crippen molar-refractivity contribution in [3.8, 4) is 0 Å². The third kappa shape index (κ3) is 7.08. The van der Waals surface area contributed by atoms with Crippen molar-refractivity contribution >= 4 is 35.3 Å². The topological polar surface area (TPSA) is 81.7 Å². The molecule has 0 aliphatic carbocycles. The third-order valence-corrected chi connectivity index (χ3v) is 4.56. The molecule has 2 aromatic carbocycles. The quantitative estimate of drug-likeness (QED) is 0.535. The van der Waals surface area contributed by atoms with Crippen LogP contribution in [0.25, 0.3) is 0 Å². The lowest BCUT2D eigenvalue weighted by atomic mass is 10.2. The summed E-state index contributed by atoms with van der Waals surface area (Å²) in [5.74, 6) is -1.29. The van der Waals surface area contributed by atoms with Gasteiger partial charge in [-0.05, 0) is 45.0 Å². The second-order valence-corrected chi connectivity index (χ2v) is 7.33. The molecule has 28 heavy (non-hydrogen) atoms. The van der Waals surface area contributed by atoms with Crippen molar-refractivity contribution in [3.63, 3.8) is 0 Å². The van der Waals surface area contributed by atoms with Crippen LogP contribution < -0.4 is 5.32 Å². The van der Waals surface area contributed by atoms with Crippen molar-refractivity contribution in [2.75, 3.05) is 17.7 Å². The van der Waals surface area contributed by atoms with E-state index in [4.69, 9.17) is 9.47 Å². The predicted molar refractivity (Wildman–Crippen MR) is 108 cm³/mol. The number of thioether (sulfide) groups is 1. The van der Waals surface area contributed by atoms with Gasteiger partial charge in [-0.2, -0.15) is 0 Å². The van der Waals surface area contributed by atoms with Crippen LogP contribution in [0.2, 0.25) is 0 Å². The van der Waals surface area contributed by atoms with Gasteiger partial charge in [0.15, 0.2) is 6.61 Å². The number of anilines is 1. The number of hydrogen-bond acceptors (Lipinski definition) is 6. The van der Waals surface area contributed by atoms with Gasteiger partial charge >= 0.3 is 11.9 Å². The molecule has 0 saturated carbocycles. The Labute approximate surface area is 168 Å². The Balaban J connectivity index is 1.91. The molecule has 6 nitrogen and oxygen atoms in total. The Morgan fingerprint density at radius 2 is 1.71 bits per heavy atom. The van der Waals surface area contributed by atoms with E-state index < -0.39 is 18.5 Å². The average molecular weight is 401 g/mol. The largest absolute Gasteiger partial charge is 0.460 e. The van der Waals surface area contributed by atoms with Gasteiger partial charge in [0.25, 0.3) is 0 Å². The lowest BCUT2D eigenvalue weighted by molar-refractivity contribution is -0.151.